The van der Waals surface area contributed by atoms with E-state index in [2.05, 4.69) is 270 Å². The fraction of sp³-hybridized carbons (Fsp3) is 0.188. The van der Waals surface area contributed by atoms with Crippen LogP contribution in [-0.4, -0.2) is 89.9 Å². The number of rotatable bonds is 13. The van der Waals surface area contributed by atoms with Gasteiger partial charge in [-0.2, -0.15) is 41.3 Å². The molecule has 21 nitrogen and oxygen atoms in total. The van der Waals surface area contributed by atoms with Gasteiger partial charge in [-0.25, -0.2) is 0 Å². The maximum Gasteiger partial charge on any atom is 0.303 e. The van der Waals surface area contributed by atoms with Crippen molar-refractivity contribution < 1.29 is 9.90 Å². The van der Waals surface area contributed by atoms with Crippen LogP contribution in [0.1, 0.15) is 162 Å². The molecule has 0 aliphatic rings. The number of carboxylic acid groups (broad SMARTS) is 1. The molecule has 9 aromatic carbocycles. The van der Waals surface area contributed by atoms with Crippen LogP contribution in [0.25, 0.3) is 137 Å². The standard InChI is InChI=1S/C21H21N3O2.C20H18N4.C19H15ClN4.C19H16N4.C17H16N4/c1-13(2)21-16(8-9-20(25)26)17-11-18-14(12-22-23-18)10-19(17)24(21)15-6-4-3-5-7-15;1-12(2)20-17(10-21)16-9-18-14(11-22-23-18)8-19(16)24(20)15-6-4-5-13(3)7-15;1-11(2)19-16(9-21)15-8-17-12(10-22-23-17)6-18(15)24(19)14-5-3-4-13(20)7-14;1-12(2)19-16(10-20)15-9-17-13(11-21-22-17)8-18(15)23(19)14-6-4-3-5-7-14;1-11(2)16-8-12-7-15-13(10-19-20-15)9-17(12)21(16)14-3-5-18-6-4-14/h3-7,10-13H,8-9H2,1-2H3,(H,22,23)(H,25,26);4-9,11-12H,1-3H3,(H,22,23);3-8,10-11H,1-2H3,(H,22,23);3-9,11-12H,1-2H3,(H,21,22);3-11H,1-2H3,(H,19,20). The van der Waals surface area contributed by atoms with Crippen LogP contribution < -0.4 is 0 Å². The number of hydrogen-bond donors (Lipinski definition) is 6. The first-order valence-electron chi connectivity index (χ1n) is 39.5. The zero-order valence-corrected chi connectivity index (χ0v) is 68.0. The van der Waals surface area contributed by atoms with E-state index >= 15 is 0 Å². The lowest BCUT2D eigenvalue weighted by atomic mass is 9.99. The molecule has 0 radical (unpaired) electrons. The highest BCUT2D eigenvalue weighted by Crippen LogP contribution is 2.42. The molecule has 118 heavy (non-hydrogen) atoms. The molecule has 0 aliphatic heterocycles. The summed E-state index contributed by atoms with van der Waals surface area (Å²) in [6.45, 7) is 23.6. The van der Waals surface area contributed by atoms with Crippen molar-refractivity contribution in [2.45, 2.75) is 119 Å². The average Bonchev–Trinajstić information content (AvgIpc) is 1.60. The normalized spacial score (nSPS) is 11.5. The Labute approximate surface area is 685 Å². The van der Waals surface area contributed by atoms with Crippen molar-refractivity contribution in [3.05, 3.63) is 293 Å². The summed E-state index contributed by atoms with van der Waals surface area (Å²) in [5.41, 5.74) is 25.7. The fourth-order valence-electron chi connectivity index (χ4n) is 16.7. The van der Waals surface area contributed by atoms with Crippen molar-refractivity contribution >= 4 is 127 Å². The summed E-state index contributed by atoms with van der Waals surface area (Å²) in [7, 11) is 0. The summed E-state index contributed by atoms with van der Waals surface area (Å²) in [5, 5.41) is 85.3. The van der Waals surface area contributed by atoms with E-state index in [4.69, 9.17) is 11.6 Å². The number of nitrogens with one attached hydrogen (secondary N) is 5. The van der Waals surface area contributed by atoms with Crippen LogP contribution in [0.15, 0.2) is 231 Å². The fourth-order valence-corrected chi connectivity index (χ4v) is 16.8. The van der Waals surface area contributed by atoms with Crippen LogP contribution in [-0.2, 0) is 11.2 Å². The van der Waals surface area contributed by atoms with Gasteiger partial charge in [-0.1, -0.05) is 135 Å². The van der Waals surface area contributed by atoms with Crippen molar-refractivity contribution in [2.24, 2.45) is 0 Å². The Morgan fingerprint density at radius 2 is 0.737 bits per heavy atom. The summed E-state index contributed by atoms with van der Waals surface area (Å²) in [4.78, 5) is 15.3. The smallest absolute Gasteiger partial charge is 0.303 e. The molecule has 0 fully saturated rings. The molecule has 0 unspecified atom stereocenters. The Morgan fingerprint density at radius 3 is 1.13 bits per heavy atom. The third kappa shape index (κ3) is 14.4. The largest absolute Gasteiger partial charge is 0.481 e. The highest BCUT2D eigenvalue weighted by atomic mass is 35.5. The van der Waals surface area contributed by atoms with E-state index in [0.29, 0.717) is 22.9 Å². The maximum absolute atomic E-state index is 11.2. The SMILES string of the molecule is CC(C)c1c(C#N)c2cc3[nH]ncc3cc2n1-c1cccc(Cl)c1.CC(C)c1c(C#N)c2cc3[nH]ncc3cc2n1-c1ccccc1.CC(C)c1c(CCC(=O)O)c2cc3[nH]ncc3cc2n1-c1ccccc1.CC(C)c1cc2cc3[nH]ncc3cc2n1-c1ccncc1.Cc1cccc(-n2c(C(C)C)c(C#N)c3cc4[nH]ncc4cc32)c1. The van der Waals surface area contributed by atoms with Crippen molar-refractivity contribution in [3.63, 3.8) is 0 Å². The first-order chi connectivity index (χ1) is 57.2. The number of aryl methyl sites for hydroxylation is 2. The number of nitrogens with zero attached hydrogens (tertiary/aromatic N) is 14. The van der Waals surface area contributed by atoms with Crippen molar-refractivity contribution in [2.75, 3.05) is 0 Å². The Balaban J connectivity index is 0.000000110. The molecule has 584 valence electrons. The molecule has 0 saturated heterocycles. The lowest BCUT2D eigenvalue weighted by Gasteiger charge is -2.15. The number of pyridine rings is 1. The quantitative estimate of drug-likeness (QED) is 0.0631. The minimum Gasteiger partial charge on any atom is -0.481 e. The molecule has 0 saturated carbocycles. The van der Waals surface area contributed by atoms with Gasteiger partial charge < -0.3 is 27.9 Å². The predicted molar refractivity (Wildman–Crippen MR) is 473 cm³/mol. The average molecular weight is 1570 g/mol. The van der Waals surface area contributed by atoms with Crippen LogP contribution in [0, 0.1) is 40.9 Å². The molecule has 0 amide bonds. The highest BCUT2D eigenvalue weighted by Gasteiger charge is 2.27. The summed E-state index contributed by atoms with van der Waals surface area (Å²) >= 11 is 6.20. The van der Waals surface area contributed by atoms with Gasteiger partial charge in [0.1, 0.15) is 18.2 Å². The molecule has 6 N–H and O–H groups in total. The van der Waals surface area contributed by atoms with Crippen LogP contribution in [0.5, 0.6) is 0 Å². The first kappa shape index (κ1) is 77.4. The molecule has 11 aromatic heterocycles. The van der Waals surface area contributed by atoms with Crippen molar-refractivity contribution in [3.8, 4) is 46.6 Å². The number of carbonyl (C=O) groups is 1. The van der Waals surface area contributed by atoms with Gasteiger partial charge in [-0.15, -0.1) is 0 Å². The Hall–Kier alpha value is -14.6. The van der Waals surface area contributed by atoms with E-state index in [1.54, 1.807) is 6.20 Å². The molecular weight excluding hydrogens is 1490 g/mol. The Kier molecular flexibility index (Phi) is 21.2. The van der Waals surface area contributed by atoms with E-state index < -0.39 is 5.97 Å². The number of H-pyrrole nitrogens is 5. The van der Waals surface area contributed by atoms with Gasteiger partial charge >= 0.3 is 5.97 Å². The van der Waals surface area contributed by atoms with Crippen LogP contribution >= 0.6 is 11.6 Å². The Morgan fingerprint density at radius 1 is 0.381 bits per heavy atom. The summed E-state index contributed by atoms with van der Waals surface area (Å²) < 4.78 is 11.1. The summed E-state index contributed by atoms with van der Waals surface area (Å²) in [5.74, 6) is 0.619. The summed E-state index contributed by atoms with van der Waals surface area (Å²) in [6, 6.07) is 71.1. The third-order valence-electron chi connectivity index (χ3n) is 21.7. The minimum atomic E-state index is -0.775. The van der Waals surface area contributed by atoms with Gasteiger partial charge in [-0.05, 0) is 188 Å². The number of para-hydroxylation sites is 2. The molecule has 22 heteroatoms. The molecule has 0 spiro atoms. The zero-order chi connectivity index (χ0) is 82.3. The van der Waals surface area contributed by atoms with E-state index in [1.165, 1.54) is 27.9 Å². The number of hydrogen-bond acceptors (Lipinski definition) is 10. The lowest BCUT2D eigenvalue weighted by molar-refractivity contribution is -0.136. The van der Waals surface area contributed by atoms with E-state index in [0.717, 1.165) is 160 Å². The van der Waals surface area contributed by atoms with E-state index in [1.807, 2.05) is 128 Å². The highest BCUT2D eigenvalue weighted by molar-refractivity contribution is 6.30. The second-order valence-corrected chi connectivity index (χ2v) is 31.7. The van der Waals surface area contributed by atoms with E-state index in [9.17, 15) is 25.7 Å². The first-order valence-corrected chi connectivity index (χ1v) is 39.9. The number of aliphatic carboxylic acids is 1. The lowest BCUT2D eigenvalue weighted by Crippen LogP contribution is -2.05. The number of fused-ring (bicyclic) bond motifs is 10. The van der Waals surface area contributed by atoms with Gasteiger partial charge in [0.25, 0.3) is 0 Å². The van der Waals surface area contributed by atoms with Gasteiger partial charge in [0.2, 0.25) is 0 Å². The Bertz CT molecular complexity index is 7110. The number of halogens is 1. The molecule has 20 rings (SSSR count). The van der Waals surface area contributed by atoms with E-state index in [-0.39, 0.29) is 30.1 Å². The van der Waals surface area contributed by atoms with Gasteiger partial charge in [0, 0.05) is 135 Å². The maximum atomic E-state index is 11.2. The minimum absolute atomic E-state index is 0.120. The molecule has 0 aliphatic carbocycles. The zero-order valence-electron chi connectivity index (χ0n) is 67.2. The van der Waals surface area contributed by atoms with Gasteiger partial charge in [0.05, 0.1) is 103 Å². The molecule has 0 bridgehead atoms. The van der Waals surface area contributed by atoms with Gasteiger partial charge in [0.15, 0.2) is 0 Å². The van der Waals surface area contributed by atoms with Crippen molar-refractivity contribution in [1.29, 1.82) is 15.8 Å². The van der Waals surface area contributed by atoms with Crippen LogP contribution in [0.2, 0.25) is 5.02 Å². The topological polar surface area (TPSA) is 290 Å². The summed E-state index contributed by atoms with van der Waals surface area (Å²) in [6.07, 6.45) is 13.4. The second-order valence-electron chi connectivity index (χ2n) is 31.3. The predicted octanol–water partition coefficient (Wildman–Crippen LogP) is 23.1. The number of aromatic nitrogens is 16. The second kappa shape index (κ2) is 32.4. The van der Waals surface area contributed by atoms with Crippen LogP contribution in [0.3, 0.4) is 0 Å². The number of benzene rings is 9. The number of carboxylic acids is 1. The molecular formula is C96H86ClN19O2. The molecule has 0 atom stereocenters. The molecule has 11 heterocycles. The number of nitriles is 3. The van der Waals surface area contributed by atoms with Crippen molar-refractivity contribution in [1.82, 2.24) is 78.8 Å². The van der Waals surface area contributed by atoms with Gasteiger partial charge in [-0.3, -0.25) is 35.3 Å². The number of aromatic amines is 5. The third-order valence-corrected chi connectivity index (χ3v) is 22.0. The van der Waals surface area contributed by atoms with Crippen LogP contribution in [0.4, 0.5) is 0 Å². The monoisotopic (exact) mass is 1570 g/mol. The molecule has 20 aromatic rings.